The zero-order valence-electron chi connectivity index (χ0n) is 12.0. The van der Waals surface area contributed by atoms with Crippen LogP contribution in [0.2, 0.25) is 0 Å². The second-order valence-electron chi connectivity index (χ2n) is 5.38. The third-order valence-electron chi connectivity index (χ3n) is 1.32. The Morgan fingerprint density at radius 3 is 1.94 bits per heavy atom. The largest absolute Gasteiger partial charge is 0.346 e. The maximum atomic E-state index is 4.09. The first kappa shape index (κ1) is 15.7. The van der Waals surface area contributed by atoms with Gasteiger partial charge in [0.25, 0.3) is 0 Å². The number of aromatic amines is 1. The third kappa shape index (κ3) is 9.61. The van der Waals surface area contributed by atoms with Crippen molar-refractivity contribution in [2.75, 3.05) is 0 Å². The van der Waals surface area contributed by atoms with Crippen molar-refractivity contribution in [1.29, 1.82) is 0 Å². The SMILES string of the molecule is CC(C)C.CC(C)C.c1cnc2[nH]ccc2c1. The van der Waals surface area contributed by atoms with Crippen molar-refractivity contribution in [3.8, 4) is 0 Å². The summed E-state index contributed by atoms with van der Waals surface area (Å²) in [4.78, 5) is 7.09. The molecule has 2 heteroatoms. The Hall–Kier alpha value is -1.31. The Kier molecular flexibility index (Phi) is 8.12. The van der Waals surface area contributed by atoms with E-state index in [0.29, 0.717) is 0 Å². The lowest BCUT2D eigenvalue weighted by Crippen LogP contribution is -1.70. The molecule has 2 heterocycles. The molecule has 96 valence electrons. The molecule has 0 fully saturated rings. The van der Waals surface area contributed by atoms with Gasteiger partial charge in [-0.1, -0.05) is 41.5 Å². The van der Waals surface area contributed by atoms with Gasteiger partial charge in [-0.05, 0) is 30.0 Å². The van der Waals surface area contributed by atoms with Gasteiger partial charge in [0, 0.05) is 17.8 Å². The Morgan fingerprint density at radius 1 is 0.941 bits per heavy atom. The number of aromatic nitrogens is 2. The molecule has 0 aliphatic rings. The molecule has 0 aliphatic heterocycles. The molecule has 0 bridgehead atoms. The molecule has 2 aromatic rings. The molecule has 0 radical (unpaired) electrons. The minimum Gasteiger partial charge on any atom is -0.346 e. The summed E-state index contributed by atoms with van der Waals surface area (Å²) >= 11 is 0. The first-order valence-corrected chi connectivity index (χ1v) is 6.31. The highest BCUT2D eigenvalue weighted by molar-refractivity contribution is 5.74. The van der Waals surface area contributed by atoms with Crippen molar-refractivity contribution < 1.29 is 0 Å². The topological polar surface area (TPSA) is 28.7 Å². The van der Waals surface area contributed by atoms with Crippen LogP contribution in [-0.2, 0) is 0 Å². The maximum absolute atomic E-state index is 4.09. The minimum atomic E-state index is 0.833. The standard InChI is InChI=1S/C7H6N2.2C4H10/c1-2-6-3-5-9-7(6)8-4-1;2*1-4(2)3/h1-5H,(H,8,9);2*4H,1-3H3. The molecule has 0 saturated heterocycles. The van der Waals surface area contributed by atoms with E-state index in [9.17, 15) is 0 Å². The van der Waals surface area contributed by atoms with Gasteiger partial charge in [0.05, 0.1) is 0 Å². The highest BCUT2D eigenvalue weighted by Gasteiger charge is 1.88. The van der Waals surface area contributed by atoms with Crippen LogP contribution in [0.25, 0.3) is 11.0 Å². The monoisotopic (exact) mass is 234 g/mol. The van der Waals surface area contributed by atoms with E-state index in [2.05, 4.69) is 51.5 Å². The summed E-state index contributed by atoms with van der Waals surface area (Å²) in [7, 11) is 0. The van der Waals surface area contributed by atoms with Crippen molar-refractivity contribution in [3.05, 3.63) is 30.6 Å². The predicted octanol–water partition coefficient (Wildman–Crippen LogP) is 4.89. The van der Waals surface area contributed by atoms with Gasteiger partial charge in [-0.3, -0.25) is 0 Å². The number of rotatable bonds is 0. The van der Waals surface area contributed by atoms with Crippen LogP contribution in [0.5, 0.6) is 0 Å². The van der Waals surface area contributed by atoms with Gasteiger partial charge >= 0.3 is 0 Å². The molecule has 17 heavy (non-hydrogen) atoms. The molecule has 2 rings (SSSR count). The van der Waals surface area contributed by atoms with Crippen LogP contribution in [-0.4, -0.2) is 9.97 Å². The molecule has 0 saturated carbocycles. The van der Waals surface area contributed by atoms with E-state index in [1.54, 1.807) is 6.20 Å². The number of nitrogens with zero attached hydrogens (tertiary/aromatic N) is 1. The van der Waals surface area contributed by atoms with Crippen molar-refractivity contribution in [2.45, 2.75) is 41.5 Å². The fourth-order valence-electron chi connectivity index (χ4n) is 0.883. The average molecular weight is 234 g/mol. The quantitative estimate of drug-likeness (QED) is 0.691. The second kappa shape index (κ2) is 8.80. The summed E-state index contributed by atoms with van der Waals surface area (Å²) in [5.74, 6) is 1.67. The first-order valence-electron chi connectivity index (χ1n) is 6.31. The lowest BCUT2D eigenvalue weighted by Gasteiger charge is -1.82. The van der Waals surface area contributed by atoms with Gasteiger partial charge < -0.3 is 4.98 Å². The Morgan fingerprint density at radius 2 is 1.47 bits per heavy atom. The van der Waals surface area contributed by atoms with E-state index >= 15 is 0 Å². The van der Waals surface area contributed by atoms with Crippen LogP contribution >= 0.6 is 0 Å². The molecule has 1 N–H and O–H groups in total. The highest BCUT2D eigenvalue weighted by atomic mass is 14.8. The van der Waals surface area contributed by atoms with Crippen molar-refractivity contribution >= 4 is 11.0 Å². The number of hydrogen-bond donors (Lipinski definition) is 1. The van der Waals surface area contributed by atoms with Gasteiger partial charge in [-0.2, -0.15) is 0 Å². The zero-order valence-corrected chi connectivity index (χ0v) is 12.0. The number of H-pyrrole nitrogens is 1. The van der Waals surface area contributed by atoms with Crippen LogP contribution in [0, 0.1) is 11.8 Å². The molecule has 0 atom stereocenters. The summed E-state index contributed by atoms with van der Waals surface area (Å²) in [6, 6.07) is 5.96. The molecule has 0 aliphatic carbocycles. The summed E-state index contributed by atoms with van der Waals surface area (Å²) in [5, 5.41) is 1.16. The molecule has 2 nitrogen and oxygen atoms in total. The van der Waals surface area contributed by atoms with E-state index in [1.807, 2.05) is 24.4 Å². The molecule has 0 amide bonds. The van der Waals surface area contributed by atoms with Crippen molar-refractivity contribution in [2.24, 2.45) is 11.8 Å². The Labute approximate surface area is 105 Å². The summed E-state index contributed by atoms with van der Waals surface area (Å²) < 4.78 is 0. The smallest absolute Gasteiger partial charge is 0.137 e. The van der Waals surface area contributed by atoms with Crippen molar-refractivity contribution in [3.63, 3.8) is 0 Å². The van der Waals surface area contributed by atoms with Crippen LogP contribution in [0.3, 0.4) is 0 Å². The Bertz CT molecular complexity index is 347. The van der Waals surface area contributed by atoms with Crippen LogP contribution in [0.1, 0.15) is 41.5 Å². The van der Waals surface area contributed by atoms with Crippen LogP contribution < -0.4 is 0 Å². The molecule has 0 aromatic carbocycles. The summed E-state index contributed by atoms with van der Waals surface area (Å²) in [6.45, 7) is 13.0. The van der Waals surface area contributed by atoms with Gasteiger partial charge in [0.2, 0.25) is 0 Å². The zero-order chi connectivity index (χ0) is 13.3. The lowest BCUT2D eigenvalue weighted by molar-refractivity contribution is 0.736. The molecular formula is C15H26N2. The Balaban J connectivity index is 0.000000274. The van der Waals surface area contributed by atoms with E-state index < -0.39 is 0 Å². The molecule has 0 unspecified atom stereocenters. The number of pyridine rings is 1. The second-order valence-corrected chi connectivity index (χ2v) is 5.38. The molecule has 2 aromatic heterocycles. The van der Waals surface area contributed by atoms with Gasteiger partial charge in [-0.25, -0.2) is 4.98 Å². The number of hydrogen-bond acceptors (Lipinski definition) is 1. The summed E-state index contributed by atoms with van der Waals surface area (Å²) in [5.41, 5.74) is 0.956. The molecular weight excluding hydrogens is 208 g/mol. The van der Waals surface area contributed by atoms with Crippen molar-refractivity contribution in [1.82, 2.24) is 9.97 Å². The summed E-state index contributed by atoms with van der Waals surface area (Å²) in [6.07, 6.45) is 3.66. The average Bonchev–Trinajstić information content (AvgIpc) is 2.62. The van der Waals surface area contributed by atoms with E-state index in [0.717, 1.165) is 22.9 Å². The fraction of sp³-hybridized carbons (Fsp3) is 0.533. The van der Waals surface area contributed by atoms with Crippen LogP contribution in [0.15, 0.2) is 30.6 Å². The lowest BCUT2D eigenvalue weighted by atomic mass is 10.3. The van der Waals surface area contributed by atoms with Gasteiger partial charge in [0.15, 0.2) is 0 Å². The van der Waals surface area contributed by atoms with Gasteiger partial charge in [-0.15, -0.1) is 0 Å². The highest BCUT2D eigenvalue weighted by Crippen LogP contribution is 2.05. The minimum absolute atomic E-state index is 0.833. The third-order valence-corrected chi connectivity index (χ3v) is 1.32. The van der Waals surface area contributed by atoms with Crippen LogP contribution in [0.4, 0.5) is 0 Å². The normalized spacial score (nSPS) is 9.65. The van der Waals surface area contributed by atoms with E-state index in [-0.39, 0.29) is 0 Å². The van der Waals surface area contributed by atoms with E-state index in [4.69, 9.17) is 0 Å². The van der Waals surface area contributed by atoms with E-state index in [1.165, 1.54) is 0 Å². The number of fused-ring (bicyclic) bond motifs is 1. The molecule has 0 spiro atoms. The maximum Gasteiger partial charge on any atom is 0.137 e. The first-order chi connectivity index (χ1) is 7.93. The fourth-order valence-corrected chi connectivity index (χ4v) is 0.883. The number of nitrogens with one attached hydrogen (secondary N) is 1. The van der Waals surface area contributed by atoms with Gasteiger partial charge in [0.1, 0.15) is 5.65 Å². The predicted molar refractivity (Wildman–Crippen MR) is 77.1 cm³/mol.